The zero-order chi connectivity index (χ0) is 11.4. The van der Waals surface area contributed by atoms with Gasteiger partial charge in [-0.25, -0.2) is 4.39 Å². The Labute approximate surface area is 96.5 Å². The summed E-state index contributed by atoms with van der Waals surface area (Å²) < 4.78 is 13.5. The second-order valence-corrected chi connectivity index (χ2v) is 4.44. The Morgan fingerprint density at radius 1 is 1.31 bits per heavy atom. The van der Waals surface area contributed by atoms with Crippen molar-refractivity contribution in [3.8, 4) is 0 Å². The molecule has 88 valence electrons. The molecule has 1 fully saturated rings. The fourth-order valence-corrected chi connectivity index (χ4v) is 2.11. The van der Waals surface area contributed by atoms with Crippen LogP contribution in [0.3, 0.4) is 0 Å². The first-order valence-electron chi connectivity index (χ1n) is 5.94. The third-order valence-electron chi connectivity index (χ3n) is 3.11. The van der Waals surface area contributed by atoms with Gasteiger partial charge < -0.3 is 10.2 Å². The molecule has 1 aliphatic rings. The highest BCUT2D eigenvalue weighted by atomic mass is 19.1. The van der Waals surface area contributed by atoms with Crippen molar-refractivity contribution in [1.82, 2.24) is 10.2 Å². The molecule has 0 saturated carbocycles. The summed E-state index contributed by atoms with van der Waals surface area (Å²) >= 11 is 0. The first-order chi connectivity index (χ1) is 7.75. The second-order valence-electron chi connectivity index (χ2n) is 4.44. The molecular formula is C13H19FN2. The van der Waals surface area contributed by atoms with Crippen LogP contribution in [-0.4, -0.2) is 37.6 Å². The van der Waals surface area contributed by atoms with Crippen molar-refractivity contribution in [2.75, 3.05) is 32.7 Å². The molecule has 0 radical (unpaired) electrons. The van der Waals surface area contributed by atoms with Crippen LogP contribution in [0.1, 0.15) is 11.1 Å². The lowest BCUT2D eigenvalue weighted by molar-refractivity contribution is 0.243. The molecule has 2 rings (SSSR count). The fraction of sp³-hybridized carbons (Fsp3) is 0.538. The van der Waals surface area contributed by atoms with Crippen molar-refractivity contribution >= 4 is 0 Å². The Morgan fingerprint density at radius 3 is 2.81 bits per heavy atom. The van der Waals surface area contributed by atoms with Gasteiger partial charge in [-0.15, -0.1) is 0 Å². The van der Waals surface area contributed by atoms with E-state index in [2.05, 4.69) is 10.2 Å². The van der Waals surface area contributed by atoms with Gasteiger partial charge in [0.15, 0.2) is 0 Å². The van der Waals surface area contributed by atoms with E-state index in [0.29, 0.717) is 0 Å². The third-order valence-corrected chi connectivity index (χ3v) is 3.11. The van der Waals surface area contributed by atoms with Crippen molar-refractivity contribution in [1.29, 1.82) is 0 Å². The van der Waals surface area contributed by atoms with E-state index in [4.69, 9.17) is 0 Å². The van der Waals surface area contributed by atoms with Crippen molar-refractivity contribution < 1.29 is 4.39 Å². The van der Waals surface area contributed by atoms with Crippen molar-refractivity contribution in [3.05, 3.63) is 35.1 Å². The smallest absolute Gasteiger partial charge is 0.126 e. The van der Waals surface area contributed by atoms with Crippen molar-refractivity contribution in [2.24, 2.45) is 0 Å². The molecule has 1 aromatic carbocycles. The fourth-order valence-electron chi connectivity index (χ4n) is 2.11. The standard InChI is InChI=1S/C13H19FN2/c1-11-2-3-13(14)12(10-11)4-7-16-8-5-15-6-9-16/h2-3,10,15H,4-9H2,1H3. The Hall–Kier alpha value is -0.930. The van der Waals surface area contributed by atoms with Gasteiger partial charge in [-0.2, -0.15) is 0 Å². The molecule has 0 atom stereocenters. The number of hydrogen-bond donors (Lipinski definition) is 1. The number of aryl methyl sites for hydroxylation is 1. The molecule has 0 aliphatic carbocycles. The lowest BCUT2D eigenvalue weighted by Crippen LogP contribution is -2.44. The van der Waals surface area contributed by atoms with E-state index in [0.717, 1.165) is 50.3 Å². The normalized spacial score (nSPS) is 17.6. The van der Waals surface area contributed by atoms with E-state index in [1.807, 2.05) is 19.1 Å². The zero-order valence-corrected chi connectivity index (χ0v) is 9.80. The quantitative estimate of drug-likeness (QED) is 0.835. The Bertz CT molecular complexity index is 346. The summed E-state index contributed by atoms with van der Waals surface area (Å²) in [6.07, 6.45) is 0.813. The minimum Gasteiger partial charge on any atom is -0.314 e. The topological polar surface area (TPSA) is 15.3 Å². The summed E-state index contributed by atoms with van der Waals surface area (Å²) in [4.78, 5) is 2.39. The van der Waals surface area contributed by atoms with Crippen molar-refractivity contribution in [2.45, 2.75) is 13.3 Å². The molecule has 0 unspecified atom stereocenters. The van der Waals surface area contributed by atoms with Crippen LogP contribution in [0, 0.1) is 12.7 Å². The molecule has 0 spiro atoms. The van der Waals surface area contributed by atoms with E-state index in [1.54, 1.807) is 6.07 Å². The second kappa shape index (κ2) is 5.41. The molecule has 16 heavy (non-hydrogen) atoms. The number of nitrogens with zero attached hydrogens (tertiary/aromatic N) is 1. The summed E-state index contributed by atoms with van der Waals surface area (Å²) in [5.41, 5.74) is 1.98. The SMILES string of the molecule is Cc1ccc(F)c(CCN2CCNCC2)c1. The summed E-state index contributed by atoms with van der Waals surface area (Å²) in [6, 6.07) is 5.35. The van der Waals surface area contributed by atoms with Gasteiger partial charge in [0.1, 0.15) is 5.82 Å². The van der Waals surface area contributed by atoms with Gasteiger partial charge in [0.2, 0.25) is 0 Å². The minimum atomic E-state index is -0.0688. The van der Waals surface area contributed by atoms with E-state index in [9.17, 15) is 4.39 Å². The molecule has 3 heteroatoms. The summed E-state index contributed by atoms with van der Waals surface area (Å²) in [7, 11) is 0. The van der Waals surface area contributed by atoms with Gasteiger partial charge in [0, 0.05) is 32.7 Å². The maximum atomic E-state index is 13.5. The monoisotopic (exact) mass is 222 g/mol. The number of rotatable bonds is 3. The highest BCUT2D eigenvalue weighted by molar-refractivity contribution is 5.24. The van der Waals surface area contributed by atoms with E-state index < -0.39 is 0 Å². The number of halogens is 1. The van der Waals surface area contributed by atoms with Gasteiger partial charge in [-0.1, -0.05) is 17.7 Å². The first kappa shape index (κ1) is 11.6. The van der Waals surface area contributed by atoms with Crippen LogP contribution < -0.4 is 5.32 Å². The van der Waals surface area contributed by atoms with Crippen LogP contribution in [0.25, 0.3) is 0 Å². The van der Waals surface area contributed by atoms with Crippen LogP contribution >= 0.6 is 0 Å². The molecule has 0 bridgehead atoms. The average molecular weight is 222 g/mol. The predicted molar refractivity (Wildman–Crippen MR) is 64.2 cm³/mol. The molecule has 0 amide bonds. The zero-order valence-electron chi connectivity index (χ0n) is 9.80. The number of hydrogen-bond acceptors (Lipinski definition) is 2. The van der Waals surface area contributed by atoms with Crippen LogP contribution in [-0.2, 0) is 6.42 Å². The predicted octanol–water partition coefficient (Wildman–Crippen LogP) is 1.58. The summed E-state index contributed by atoms with van der Waals surface area (Å²) in [5.74, 6) is -0.0688. The van der Waals surface area contributed by atoms with Crippen molar-refractivity contribution in [3.63, 3.8) is 0 Å². The van der Waals surface area contributed by atoms with Crippen LogP contribution in [0.15, 0.2) is 18.2 Å². The molecule has 1 heterocycles. The van der Waals surface area contributed by atoms with Gasteiger partial charge in [0.05, 0.1) is 0 Å². The van der Waals surface area contributed by atoms with E-state index in [1.165, 1.54) is 0 Å². The van der Waals surface area contributed by atoms with Crippen LogP contribution in [0.2, 0.25) is 0 Å². The first-order valence-corrected chi connectivity index (χ1v) is 5.94. The lowest BCUT2D eigenvalue weighted by Gasteiger charge is -2.27. The minimum absolute atomic E-state index is 0.0688. The number of nitrogens with one attached hydrogen (secondary N) is 1. The summed E-state index contributed by atoms with van der Waals surface area (Å²) in [5, 5.41) is 3.32. The largest absolute Gasteiger partial charge is 0.314 e. The van der Waals surface area contributed by atoms with E-state index >= 15 is 0 Å². The van der Waals surface area contributed by atoms with Gasteiger partial charge in [0.25, 0.3) is 0 Å². The molecule has 1 aliphatic heterocycles. The maximum Gasteiger partial charge on any atom is 0.126 e. The highest BCUT2D eigenvalue weighted by Crippen LogP contribution is 2.11. The maximum absolute atomic E-state index is 13.5. The Balaban J connectivity index is 1.90. The molecule has 0 aromatic heterocycles. The average Bonchev–Trinajstić information content (AvgIpc) is 2.32. The molecule has 1 aromatic rings. The van der Waals surface area contributed by atoms with Crippen LogP contribution in [0.4, 0.5) is 4.39 Å². The number of benzene rings is 1. The van der Waals surface area contributed by atoms with Crippen LogP contribution in [0.5, 0.6) is 0 Å². The van der Waals surface area contributed by atoms with Gasteiger partial charge in [-0.3, -0.25) is 0 Å². The molecule has 2 nitrogen and oxygen atoms in total. The Kier molecular flexibility index (Phi) is 3.91. The van der Waals surface area contributed by atoms with E-state index in [-0.39, 0.29) is 5.82 Å². The number of piperazine rings is 1. The molecule has 1 saturated heterocycles. The van der Waals surface area contributed by atoms with Gasteiger partial charge in [-0.05, 0) is 25.0 Å². The summed E-state index contributed by atoms with van der Waals surface area (Å²) in [6.45, 7) is 7.23. The van der Waals surface area contributed by atoms with Gasteiger partial charge >= 0.3 is 0 Å². The molecular weight excluding hydrogens is 203 g/mol. The highest BCUT2D eigenvalue weighted by Gasteiger charge is 2.10. The lowest BCUT2D eigenvalue weighted by atomic mass is 10.1. The molecule has 1 N–H and O–H groups in total. The third kappa shape index (κ3) is 3.03. The Morgan fingerprint density at radius 2 is 2.06 bits per heavy atom.